The molecule has 0 N–H and O–H groups in total. The van der Waals surface area contributed by atoms with Crippen LogP contribution >= 0.6 is 11.3 Å². The molecule has 0 radical (unpaired) electrons. The van der Waals surface area contributed by atoms with Crippen LogP contribution in [-0.4, -0.2) is 22.5 Å². The first-order valence-electron chi connectivity index (χ1n) is 7.18. The Hall–Kier alpha value is -1.45. The molecule has 1 aromatic heterocycles. The van der Waals surface area contributed by atoms with E-state index in [-0.39, 0.29) is 0 Å². The number of rotatable bonds is 6. The van der Waals surface area contributed by atoms with Crippen LogP contribution in [0.25, 0.3) is 6.08 Å². The molecule has 0 atom stereocenters. The van der Waals surface area contributed by atoms with Crippen molar-refractivity contribution in [1.82, 2.24) is 9.88 Å². The second kappa shape index (κ2) is 6.33. The van der Waals surface area contributed by atoms with Gasteiger partial charge in [-0.15, -0.1) is 11.3 Å². The van der Waals surface area contributed by atoms with Crippen LogP contribution in [0.3, 0.4) is 0 Å². The number of aromatic nitrogens is 1. The van der Waals surface area contributed by atoms with Gasteiger partial charge in [0.25, 0.3) is 0 Å². The fourth-order valence-corrected chi connectivity index (χ4v) is 2.96. The van der Waals surface area contributed by atoms with Crippen molar-refractivity contribution in [2.45, 2.75) is 32.4 Å². The molecule has 0 saturated heterocycles. The quantitative estimate of drug-likeness (QED) is 0.793. The molecule has 2 nitrogen and oxygen atoms in total. The van der Waals surface area contributed by atoms with Crippen LogP contribution in [0.1, 0.15) is 29.1 Å². The maximum atomic E-state index is 4.58. The summed E-state index contributed by atoms with van der Waals surface area (Å²) in [4.78, 5) is 7.12. The highest BCUT2D eigenvalue weighted by Crippen LogP contribution is 2.28. The summed E-state index contributed by atoms with van der Waals surface area (Å²) in [5.41, 5.74) is 2.49. The summed E-state index contributed by atoms with van der Waals surface area (Å²) in [6, 6.07) is 11.3. The van der Waals surface area contributed by atoms with Gasteiger partial charge in [-0.3, -0.25) is 4.90 Å². The Morgan fingerprint density at radius 1 is 1.30 bits per heavy atom. The molecule has 1 fully saturated rings. The fourth-order valence-electron chi connectivity index (χ4n) is 2.36. The smallest absolute Gasteiger partial charge is 0.0897 e. The molecule has 1 aromatic carbocycles. The van der Waals surface area contributed by atoms with E-state index in [1.54, 1.807) is 11.3 Å². The Bertz CT molecular complexity index is 570. The van der Waals surface area contributed by atoms with Crippen LogP contribution in [0.5, 0.6) is 0 Å². The molecule has 104 valence electrons. The predicted octanol–water partition coefficient (Wildman–Crippen LogP) is 4.13. The predicted molar refractivity (Wildman–Crippen MR) is 85.8 cm³/mol. The fraction of sp³-hybridized carbons (Fsp3) is 0.353. The lowest BCUT2D eigenvalue weighted by molar-refractivity contribution is 0.281. The number of thiazole rings is 1. The van der Waals surface area contributed by atoms with Crippen molar-refractivity contribution in [3.05, 3.63) is 58.1 Å². The van der Waals surface area contributed by atoms with Gasteiger partial charge in [0.15, 0.2) is 0 Å². The zero-order valence-electron chi connectivity index (χ0n) is 11.8. The van der Waals surface area contributed by atoms with Crippen LogP contribution in [0.15, 0.2) is 41.8 Å². The van der Waals surface area contributed by atoms with E-state index in [1.807, 2.05) is 0 Å². The molecular formula is C17H20N2S. The number of hydrogen-bond donors (Lipinski definition) is 0. The summed E-state index contributed by atoms with van der Waals surface area (Å²) >= 11 is 1.74. The molecule has 1 saturated carbocycles. The van der Waals surface area contributed by atoms with E-state index < -0.39 is 0 Å². The lowest BCUT2D eigenvalue weighted by atomic mass is 10.2. The van der Waals surface area contributed by atoms with Gasteiger partial charge >= 0.3 is 0 Å². The van der Waals surface area contributed by atoms with Crippen LogP contribution < -0.4 is 0 Å². The Labute approximate surface area is 124 Å². The first-order chi connectivity index (χ1) is 9.81. The minimum absolute atomic E-state index is 0.762. The average Bonchev–Trinajstić information content (AvgIpc) is 3.23. The Morgan fingerprint density at radius 3 is 2.75 bits per heavy atom. The van der Waals surface area contributed by atoms with Gasteiger partial charge in [0.05, 0.1) is 10.7 Å². The van der Waals surface area contributed by atoms with Crippen LogP contribution in [0.4, 0.5) is 0 Å². The molecule has 3 heteroatoms. The van der Waals surface area contributed by atoms with Gasteiger partial charge in [0, 0.05) is 24.5 Å². The maximum Gasteiger partial charge on any atom is 0.0897 e. The summed E-state index contributed by atoms with van der Waals surface area (Å²) in [5, 5.41) is 3.35. The highest BCUT2D eigenvalue weighted by atomic mass is 32.1. The average molecular weight is 284 g/mol. The lowest BCUT2D eigenvalue weighted by Crippen LogP contribution is -2.25. The minimum atomic E-state index is 0.762. The Balaban J connectivity index is 1.59. The second-order valence-electron chi connectivity index (χ2n) is 5.33. The van der Waals surface area contributed by atoms with E-state index in [2.05, 4.69) is 64.7 Å². The van der Waals surface area contributed by atoms with E-state index in [4.69, 9.17) is 0 Å². The SMILES string of the molecule is Cc1nc(CN(CC=Cc2ccccc2)C2CC2)cs1. The Morgan fingerprint density at radius 2 is 2.10 bits per heavy atom. The zero-order valence-corrected chi connectivity index (χ0v) is 12.6. The third-order valence-corrected chi connectivity index (χ3v) is 4.37. The van der Waals surface area contributed by atoms with Crippen molar-refractivity contribution in [3.8, 4) is 0 Å². The van der Waals surface area contributed by atoms with Gasteiger partial charge in [-0.1, -0.05) is 42.5 Å². The monoisotopic (exact) mass is 284 g/mol. The Kier molecular flexibility index (Phi) is 4.28. The number of hydrogen-bond acceptors (Lipinski definition) is 3. The van der Waals surface area contributed by atoms with E-state index in [9.17, 15) is 0 Å². The maximum absolute atomic E-state index is 4.58. The summed E-state index contributed by atoms with van der Waals surface area (Å²) in [6.45, 7) is 4.06. The number of benzene rings is 1. The lowest BCUT2D eigenvalue weighted by Gasteiger charge is -2.18. The van der Waals surface area contributed by atoms with Gasteiger partial charge in [-0.25, -0.2) is 4.98 Å². The molecule has 0 bridgehead atoms. The summed E-state index contributed by atoms with van der Waals surface area (Å²) in [6.07, 6.45) is 7.15. The van der Waals surface area contributed by atoms with Gasteiger partial charge < -0.3 is 0 Å². The molecule has 1 aliphatic carbocycles. The van der Waals surface area contributed by atoms with Crippen molar-refractivity contribution in [2.24, 2.45) is 0 Å². The topological polar surface area (TPSA) is 16.1 Å². The third-order valence-electron chi connectivity index (χ3n) is 3.54. The van der Waals surface area contributed by atoms with Gasteiger partial charge in [-0.05, 0) is 25.3 Å². The van der Waals surface area contributed by atoms with Crippen LogP contribution in [0.2, 0.25) is 0 Å². The van der Waals surface area contributed by atoms with E-state index >= 15 is 0 Å². The zero-order chi connectivity index (χ0) is 13.8. The molecule has 0 spiro atoms. The molecular weight excluding hydrogens is 264 g/mol. The standard InChI is InChI=1S/C17H20N2S/c1-14-18-16(13-20-14)12-19(17-9-10-17)11-5-8-15-6-3-2-4-7-15/h2-8,13,17H,9-12H2,1H3. The van der Waals surface area contributed by atoms with E-state index in [0.29, 0.717) is 0 Å². The molecule has 1 heterocycles. The minimum Gasteiger partial charge on any atom is -0.291 e. The van der Waals surface area contributed by atoms with Crippen molar-refractivity contribution in [2.75, 3.05) is 6.54 Å². The molecule has 3 rings (SSSR count). The summed E-state index contributed by atoms with van der Waals surface area (Å²) in [5.74, 6) is 0. The van der Waals surface area contributed by atoms with E-state index in [0.717, 1.165) is 24.1 Å². The molecule has 0 unspecified atom stereocenters. The molecule has 2 aromatic rings. The van der Waals surface area contributed by atoms with Crippen molar-refractivity contribution in [3.63, 3.8) is 0 Å². The van der Waals surface area contributed by atoms with Gasteiger partial charge in [0.2, 0.25) is 0 Å². The number of aryl methyl sites for hydroxylation is 1. The second-order valence-corrected chi connectivity index (χ2v) is 6.39. The van der Waals surface area contributed by atoms with Gasteiger partial charge in [0.1, 0.15) is 0 Å². The first kappa shape index (κ1) is 13.5. The van der Waals surface area contributed by atoms with Gasteiger partial charge in [-0.2, -0.15) is 0 Å². The highest BCUT2D eigenvalue weighted by molar-refractivity contribution is 7.09. The summed E-state index contributed by atoms with van der Waals surface area (Å²) in [7, 11) is 0. The largest absolute Gasteiger partial charge is 0.291 e. The van der Waals surface area contributed by atoms with Crippen molar-refractivity contribution < 1.29 is 0 Å². The van der Waals surface area contributed by atoms with Crippen molar-refractivity contribution in [1.29, 1.82) is 0 Å². The normalized spacial score (nSPS) is 15.3. The summed E-state index contributed by atoms with van der Waals surface area (Å²) < 4.78 is 0. The third kappa shape index (κ3) is 3.78. The molecule has 0 amide bonds. The van der Waals surface area contributed by atoms with Crippen LogP contribution in [0, 0.1) is 6.92 Å². The van der Waals surface area contributed by atoms with Crippen molar-refractivity contribution >= 4 is 17.4 Å². The highest BCUT2D eigenvalue weighted by Gasteiger charge is 2.28. The molecule has 20 heavy (non-hydrogen) atoms. The molecule has 0 aliphatic heterocycles. The van der Waals surface area contributed by atoms with Crippen LogP contribution in [-0.2, 0) is 6.54 Å². The first-order valence-corrected chi connectivity index (χ1v) is 8.06. The molecule has 1 aliphatic rings. The van der Waals surface area contributed by atoms with E-state index in [1.165, 1.54) is 24.1 Å². The number of nitrogens with zero attached hydrogens (tertiary/aromatic N) is 2.